The molecule has 50 heavy (non-hydrogen) atoms. The van der Waals surface area contributed by atoms with Crippen molar-refractivity contribution in [3.05, 3.63) is 156 Å². The van der Waals surface area contributed by atoms with Crippen LogP contribution < -0.4 is 0 Å². The van der Waals surface area contributed by atoms with E-state index in [0.717, 1.165) is 50.1 Å². The van der Waals surface area contributed by atoms with Gasteiger partial charge in [0.15, 0.2) is 11.5 Å². The zero-order valence-electron chi connectivity index (χ0n) is 28.2. The average molecular weight is 645 g/mol. The molecule has 0 aliphatic rings. The van der Waals surface area contributed by atoms with E-state index in [2.05, 4.69) is 142 Å². The Morgan fingerprint density at radius 1 is 0.480 bits per heavy atom. The number of rotatable bonds is 4. The van der Waals surface area contributed by atoms with Crippen LogP contribution in [-0.4, -0.2) is 24.1 Å². The first-order valence-electron chi connectivity index (χ1n) is 16.7. The maximum atomic E-state index is 8.04. The van der Waals surface area contributed by atoms with Crippen molar-refractivity contribution in [3.63, 3.8) is 0 Å². The molecule has 6 aromatic carbocycles. The van der Waals surface area contributed by atoms with Gasteiger partial charge in [0, 0.05) is 32.7 Å². The summed E-state index contributed by atoms with van der Waals surface area (Å²) in [6, 6.07) is 42.9. The van der Waals surface area contributed by atoms with E-state index in [1.165, 1.54) is 32.7 Å². The highest BCUT2D eigenvalue weighted by molar-refractivity contribution is 6.12. The highest BCUT2D eigenvalue weighted by atomic mass is 15.0. The van der Waals surface area contributed by atoms with Gasteiger partial charge >= 0.3 is 0 Å². The minimum atomic E-state index is 0.581. The smallest absolute Gasteiger partial charge is 0.188 e. The van der Waals surface area contributed by atoms with Gasteiger partial charge in [-0.2, -0.15) is 0 Å². The number of fused-ring (bicyclic) bond motifs is 6. The molecule has 3 aromatic heterocycles. The largest absolute Gasteiger partial charge is 0.309 e. The van der Waals surface area contributed by atoms with Crippen LogP contribution in [0.3, 0.4) is 0 Å². The number of nitrogens with zero attached hydrogens (tertiary/aromatic N) is 6. The van der Waals surface area contributed by atoms with E-state index >= 15 is 0 Å². The fourth-order valence-electron chi connectivity index (χ4n) is 7.53. The summed E-state index contributed by atoms with van der Waals surface area (Å²) in [6.45, 7) is 16.1. The van der Waals surface area contributed by atoms with Crippen molar-refractivity contribution in [3.8, 4) is 33.9 Å². The van der Waals surface area contributed by atoms with Crippen LogP contribution in [0.25, 0.3) is 82.3 Å². The lowest BCUT2D eigenvalue weighted by Crippen LogP contribution is -2.03. The maximum absolute atomic E-state index is 8.04. The number of benzene rings is 6. The molecule has 0 fully saturated rings. The van der Waals surface area contributed by atoms with Gasteiger partial charge in [-0.1, -0.05) is 77.9 Å². The Morgan fingerprint density at radius 2 is 1.04 bits per heavy atom. The second-order valence-electron chi connectivity index (χ2n) is 13.0. The minimum Gasteiger partial charge on any atom is -0.309 e. The summed E-state index contributed by atoms with van der Waals surface area (Å²) in [5.74, 6) is 1.99. The molecule has 0 saturated heterocycles. The Morgan fingerprint density at radius 3 is 1.64 bits per heavy atom. The van der Waals surface area contributed by atoms with E-state index in [9.17, 15) is 0 Å². The molecule has 0 unspecified atom stereocenters. The van der Waals surface area contributed by atoms with Gasteiger partial charge in [0.2, 0.25) is 0 Å². The molecule has 0 radical (unpaired) electrons. The van der Waals surface area contributed by atoms with Crippen molar-refractivity contribution in [2.75, 3.05) is 0 Å². The van der Waals surface area contributed by atoms with Crippen LogP contribution >= 0.6 is 0 Å². The fraction of sp³-hybridized carbons (Fsp3) is 0.0909. The van der Waals surface area contributed by atoms with Gasteiger partial charge in [-0.05, 0) is 87.9 Å². The van der Waals surface area contributed by atoms with Crippen molar-refractivity contribution in [1.29, 1.82) is 0 Å². The summed E-state index contributed by atoms with van der Waals surface area (Å²) in [7, 11) is 0. The molecule has 0 spiro atoms. The SMILES string of the molecule is [C-]#[N+]c1ccc(-n2c3ccccc3c3cc(C)ccc32)c(-c2ccc(-c3nc(C)nc(C)n3)cc2-n2c3ccccc3c3cc(C)ccc32)c1. The number of aryl methyl sites for hydroxylation is 4. The molecule has 0 aliphatic carbocycles. The molecule has 0 amide bonds. The number of aromatic nitrogens is 5. The first-order valence-corrected chi connectivity index (χ1v) is 16.7. The predicted octanol–water partition coefficient (Wildman–Crippen LogP) is 11.2. The molecule has 0 saturated carbocycles. The molecule has 0 aliphatic heterocycles. The zero-order valence-corrected chi connectivity index (χ0v) is 28.2. The lowest BCUT2D eigenvalue weighted by atomic mass is 9.98. The van der Waals surface area contributed by atoms with Crippen LogP contribution in [0.4, 0.5) is 5.69 Å². The number of para-hydroxylation sites is 2. The second kappa shape index (κ2) is 11.3. The summed E-state index contributed by atoms with van der Waals surface area (Å²) in [5, 5.41) is 4.77. The van der Waals surface area contributed by atoms with Gasteiger partial charge < -0.3 is 9.13 Å². The van der Waals surface area contributed by atoms with E-state index in [1.807, 2.05) is 26.0 Å². The Bertz CT molecular complexity index is 2860. The second-order valence-corrected chi connectivity index (χ2v) is 13.0. The van der Waals surface area contributed by atoms with Gasteiger partial charge in [-0.25, -0.2) is 19.8 Å². The van der Waals surface area contributed by atoms with E-state index in [1.54, 1.807) is 0 Å². The first kappa shape index (κ1) is 29.6. The maximum Gasteiger partial charge on any atom is 0.188 e. The van der Waals surface area contributed by atoms with Crippen LogP contribution in [-0.2, 0) is 0 Å². The normalized spacial score (nSPS) is 11.6. The molecule has 6 nitrogen and oxygen atoms in total. The average Bonchev–Trinajstić information content (AvgIpc) is 3.62. The molecule has 6 heteroatoms. The summed E-state index contributed by atoms with van der Waals surface area (Å²) in [5.41, 5.74) is 12.3. The zero-order chi connectivity index (χ0) is 34.1. The third-order valence-electron chi connectivity index (χ3n) is 9.65. The monoisotopic (exact) mass is 644 g/mol. The van der Waals surface area contributed by atoms with Crippen LogP contribution in [0.2, 0.25) is 0 Å². The Balaban J connectivity index is 1.42. The molecule has 9 aromatic rings. The van der Waals surface area contributed by atoms with E-state index < -0.39 is 0 Å². The molecule has 9 rings (SSSR count). The van der Waals surface area contributed by atoms with E-state index in [-0.39, 0.29) is 0 Å². The van der Waals surface area contributed by atoms with Gasteiger partial charge in [0.25, 0.3) is 0 Å². The minimum absolute atomic E-state index is 0.581. The first-order chi connectivity index (χ1) is 24.4. The third-order valence-corrected chi connectivity index (χ3v) is 9.65. The fourth-order valence-corrected chi connectivity index (χ4v) is 7.53. The Kier molecular flexibility index (Phi) is 6.65. The molecule has 0 atom stereocenters. The Hall–Kier alpha value is -6.58. The summed E-state index contributed by atoms with van der Waals surface area (Å²) >= 11 is 0. The van der Waals surface area contributed by atoms with Gasteiger partial charge in [-0.3, -0.25) is 0 Å². The number of hydrogen-bond acceptors (Lipinski definition) is 3. The Labute approximate surface area is 289 Å². The van der Waals surface area contributed by atoms with Gasteiger partial charge in [-0.15, -0.1) is 0 Å². The highest BCUT2D eigenvalue weighted by Gasteiger charge is 2.22. The van der Waals surface area contributed by atoms with Crippen LogP contribution in [0, 0.1) is 34.3 Å². The quantitative estimate of drug-likeness (QED) is 0.179. The summed E-state index contributed by atoms with van der Waals surface area (Å²) in [4.78, 5) is 17.9. The molecular weight excluding hydrogens is 613 g/mol. The molecule has 0 bridgehead atoms. The molecular formula is C44H32N6. The van der Waals surface area contributed by atoms with Crippen molar-refractivity contribution in [1.82, 2.24) is 24.1 Å². The predicted molar refractivity (Wildman–Crippen MR) is 205 cm³/mol. The van der Waals surface area contributed by atoms with E-state index in [4.69, 9.17) is 16.5 Å². The van der Waals surface area contributed by atoms with Crippen molar-refractivity contribution >= 4 is 49.3 Å². The van der Waals surface area contributed by atoms with Crippen LogP contribution in [0.1, 0.15) is 22.8 Å². The summed E-state index contributed by atoms with van der Waals surface area (Å²) < 4.78 is 4.70. The molecule has 238 valence electrons. The van der Waals surface area contributed by atoms with Gasteiger partial charge in [0.05, 0.1) is 40.0 Å². The number of hydrogen-bond donors (Lipinski definition) is 0. The van der Waals surface area contributed by atoms with Crippen molar-refractivity contribution < 1.29 is 0 Å². The van der Waals surface area contributed by atoms with Gasteiger partial charge in [0.1, 0.15) is 11.6 Å². The molecule has 0 N–H and O–H groups in total. The lowest BCUT2D eigenvalue weighted by molar-refractivity contribution is 0.928. The topological polar surface area (TPSA) is 52.9 Å². The lowest BCUT2D eigenvalue weighted by Gasteiger charge is -2.20. The van der Waals surface area contributed by atoms with E-state index in [0.29, 0.717) is 23.2 Å². The standard InChI is InChI=1S/C44H32N6/c1-26-14-19-40-35(22-26)32-10-6-8-12-38(32)49(40)42-21-17-31(45-5)25-37(42)34-18-16-30(44-47-28(3)46-29(4)48-44)24-43(34)50-39-13-9-7-11-33(39)36-23-27(2)15-20-41(36)50/h6-25H,1-4H3. The van der Waals surface area contributed by atoms with Crippen molar-refractivity contribution in [2.24, 2.45) is 0 Å². The van der Waals surface area contributed by atoms with Crippen LogP contribution in [0.5, 0.6) is 0 Å². The van der Waals surface area contributed by atoms with Crippen molar-refractivity contribution in [2.45, 2.75) is 27.7 Å². The highest BCUT2D eigenvalue weighted by Crippen LogP contribution is 2.43. The molecule has 3 heterocycles. The van der Waals surface area contributed by atoms with Crippen LogP contribution in [0.15, 0.2) is 121 Å². The third kappa shape index (κ3) is 4.59. The summed E-state index contributed by atoms with van der Waals surface area (Å²) in [6.07, 6.45) is 0.